The Morgan fingerprint density at radius 2 is 1.75 bits per heavy atom. The molecule has 0 unspecified atom stereocenters. The SMILES string of the molecule is C/C=C(\C)c1ccc(C)c(-c2c(CCCC(CC)CC)ccc3c2CCC3=O)c1.C=CC. The van der Waals surface area contributed by atoms with E-state index in [2.05, 4.69) is 77.6 Å². The van der Waals surface area contributed by atoms with Gasteiger partial charge in [0.25, 0.3) is 0 Å². The Bertz CT molecular complexity index is 957. The summed E-state index contributed by atoms with van der Waals surface area (Å²) in [5, 5.41) is 0. The van der Waals surface area contributed by atoms with Crippen molar-refractivity contribution in [1.82, 2.24) is 0 Å². The Labute approximate surface area is 196 Å². The van der Waals surface area contributed by atoms with Crippen LogP contribution in [0.4, 0.5) is 0 Å². The fourth-order valence-corrected chi connectivity index (χ4v) is 4.72. The van der Waals surface area contributed by atoms with E-state index in [9.17, 15) is 4.79 Å². The summed E-state index contributed by atoms with van der Waals surface area (Å²) < 4.78 is 0. The fraction of sp³-hybridized carbons (Fsp3) is 0.452. The van der Waals surface area contributed by atoms with E-state index in [1.807, 2.05) is 6.92 Å². The van der Waals surface area contributed by atoms with E-state index < -0.39 is 0 Å². The molecule has 0 spiro atoms. The van der Waals surface area contributed by atoms with Crippen molar-refractivity contribution < 1.29 is 4.79 Å². The Morgan fingerprint density at radius 3 is 2.38 bits per heavy atom. The van der Waals surface area contributed by atoms with E-state index in [1.54, 1.807) is 6.08 Å². The second-order valence-corrected chi connectivity index (χ2v) is 9.03. The molecule has 1 aliphatic carbocycles. The van der Waals surface area contributed by atoms with Gasteiger partial charge in [-0.05, 0) is 97.9 Å². The van der Waals surface area contributed by atoms with Gasteiger partial charge in [-0.3, -0.25) is 4.79 Å². The lowest BCUT2D eigenvalue weighted by molar-refractivity contribution is 0.0994. The molecule has 32 heavy (non-hydrogen) atoms. The van der Waals surface area contributed by atoms with E-state index in [4.69, 9.17) is 0 Å². The quantitative estimate of drug-likeness (QED) is 0.381. The normalized spacial score (nSPS) is 13.1. The monoisotopic (exact) mass is 430 g/mol. The Kier molecular flexibility index (Phi) is 10.2. The number of Topliss-reactive ketones (excluding diaryl/α,β-unsaturated/α-hetero) is 1. The molecule has 0 aliphatic heterocycles. The van der Waals surface area contributed by atoms with Gasteiger partial charge in [0, 0.05) is 12.0 Å². The fourth-order valence-electron chi connectivity index (χ4n) is 4.72. The van der Waals surface area contributed by atoms with Gasteiger partial charge in [-0.25, -0.2) is 0 Å². The van der Waals surface area contributed by atoms with Crippen LogP contribution in [0, 0.1) is 12.8 Å². The second kappa shape index (κ2) is 12.6. The molecule has 172 valence electrons. The number of hydrogen-bond donors (Lipinski definition) is 0. The molecule has 1 nitrogen and oxygen atoms in total. The van der Waals surface area contributed by atoms with Crippen molar-refractivity contribution in [2.75, 3.05) is 0 Å². The highest BCUT2D eigenvalue weighted by molar-refractivity contribution is 6.03. The number of rotatable bonds is 8. The van der Waals surface area contributed by atoms with Crippen LogP contribution in [0.25, 0.3) is 16.7 Å². The summed E-state index contributed by atoms with van der Waals surface area (Å²) in [6.07, 6.45) is 11.6. The van der Waals surface area contributed by atoms with Gasteiger partial charge in [0.15, 0.2) is 5.78 Å². The molecule has 0 saturated heterocycles. The predicted octanol–water partition coefficient (Wildman–Crippen LogP) is 9.17. The van der Waals surface area contributed by atoms with Crippen molar-refractivity contribution in [3.8, 4) is 11.1 Å². The van der Waals surface area contributed by atoms with Crippen molar-refractivity contribution in [3.63, 3.8) is 0 Å². The van der Waals surface area contributed by atoms with E-state index in [0.29, 0.717) is 12.2 Å². The predicted molar refractivity (Wildman–Crippen MR) is 141 cm³/mol. The molecule has 0 aromatic heterocycles. The number of carbonyl (C=O) groups excluding carboxylic acids is 1. The van der Waals surface area contributed by atoms with Gasteiger partial charge in [-0.2, -0.15) is 0 Å². The van der Waals surface area contributed by atoms with Crippen LogP contribution < -0.4 is 0 Å². The van der Waals surface area contributed by atoms with Gasteiger partial charge < -0.3 is 0 Å². The Morgan fingerprint density at radius 1 is 1.06 bits per heavy atom. The summed E-state index contributed by atoms with van der Waals surface area (Å²) in [6.45, 7) is 16.3. The van der Waals surface area contributed by atoms with E-state index in [0.717, 1.165) is 24.3 Å². The maximum atomic E-state index is 12.4. The third kappa shape index (κ3) is 6.09. The summed E-state index contributed by atoms with van der Waals surface area (Å²) in [4.78, 5) is 12.4. The van der Waals surface area contributed by atoms with Crippen molar-refractivity contribution in [2.24, 2.45) is 5.92 Å². The third-order valence-corrected chi connectivity index (χ3v) is 6.91. The molecule has 0 N–H and O–H groups in total. The molecule has 0 amide bonds. The van der Waals surface area contributed by atoms with E-state index >= 15 is 0 Å². The van der Waals surface area contributed by atoms with Crippen LogP contribution in [-0.4, -0.2) is 5.78 Å². The van der Waals surface area contributed by atoms with Gasteiger partial charge in [-0.1, -0.05) is 69.5 Å². The van der Waals surface area contributed by atoms with E-state index in [1.165, 1.54) is 64.6 Å². The number of hydrogen-bond acceptors (Lipinski definition) is 1. The number of carbonyl (C=O) groups is 1. The maximum Gasteiger partial charge on any atom is 0.163 e. The average molecular weight is 431 g/mol. The van der Waals surface area contributed by atoms with Crippen LogP contribution in [0.1, 0.15) is 99.3 Å². The van der Waals surface area contributed by atoms with Crippen molar-refractivity contribution >= 4 is 11.4 Å². The summed E-state index contributed by atoms with van der Waals surface area (Å²) >= 11 is 0. The number of ketones is 1. The standard InChI is InChI=1S/C28H36O.C3H6/c1-6-19(4)23-13-12-20(5)26(18-23)28-22(11-9-10-21(7-2)8-3)14-15-24-25(28)16-17-27(24)29;1-3-2/h6,12-15,18,21H,7-11,16-17H2,1-5H3;3H,1H2,2H3/b19-6+;. The van der Waals surface area contributed by atoms with Crippen LogP contribution in [0.2, 0.25) is 0 Å². The molecule has 1 aliphatic rings. The largest absolute Gasteiger partial charge is 0.294 e. The number of aryl methyl sites for hydroxylation is 2. The summed E-state index contributed by atoms with van der Waals surface area (Å²) in [5.41, 5.74) is 10.2. The molecule has 2 aromatic rings. The summed E-state index contributed by atoms with van der Waals surface area (Å²) in [7, 11) is 0. The van der Waals surface area contributed by atoms with Gasteiger partial charge >= 0.3 is 0 Å². The Balaban J connectivity index is 0.00000114. The second-order valence-electron chi connectivity index (χ2n) is 9.03. The smallest absolute Gasteiger partial charge is 0.163 e. The van der Waals surface area contributed by atoms with Gasteiger partial charge in [0.2, 0.25) is 0 Å². The lowest BCUT2D eigenvalue weighted by Crippen LogP contribution is -2.02. The molecule has 0 atom stereocenters. The first-order valence-electron chi connectivity index (χ1n) is 12.4. The lowest BCUT2D eigenvalue weighted by Gasteiger charge is -2.19. The zero-order valence-corrected chi connectivity index (χ0v) is 21.2. The van der Waals surface area contributed by atoms with E-state index in [-0.39, 0.29) is 0 Å². The number of benzene rings is 2. The number of allylic oxidation sites excluding steroid dienone is 3. The first-order chi connectivity index (χ1) is 15.4. The first kappa shape index (κ1) is 25.8. The first-order valence-corrected chi connectivity index (χ1v) is 12.4. The molecule has 3 rings (SSSR count). The molecular weight excluding hydrogens is 388 g/mol. The minimum atomic E-state index is 0.309. The molecule has 0 bridgehead atoms. The molecule has 0 radical (unpaired) electrons. The van der Waals surface area contributed by atoms with Crippen molar-refractivity contribution in [2.45, 2.75) is 86.5 Å². The van der Waals surface area contributed by atoms with Crippen LogP contribution >= 0.6 is 0 Å². The lowest BCUT2D eigenvalue weighted by atomic mass is 9.85. The van der Waals surface area contributed by atoms with Crippen molar-refractivity contribution in [3.05, 3.63) is 76.9 Å². The van der Waals surface area contributed by atoms with Gasteiger partial charge in [0.1, 0.15) is 0 Å². The summed E-state index contributed by atoms with van der Waals surface area (Å²) in [5.74, 6) is 1.14. The Hall–Kier alpha value is -2.41. The highest BCUT2D eigenvalue weighted by Crippen LogP contribution is 2.39. The zero-order chi connectivity index (χ0) is 23.7. The molecule has 2 aromatic carbocycles. The number of fused-ring (bicyclic) bond motifs is 1. The van der Waals surface area contributed by atoms with Crippen LogP contribution in [0.15, 0.2) is 49.1 Å². The molecule has 0 heterocycles. The molecule has 1 heteroatoms. The van der Waals surface area contributed by atoms with Crippen LogP contribution in [0.5, 0.6) is 0 Å². The van der Waals surface area contributed by atoms with Crippen molar-refractivity contribution in [1.29, 1.82) is 0 Å². The minimum Gasteiger partial charge on any atom is -0.294 e. The average Bonchev–Trinajstić information content (AvgIpc) is 3.18. The molecular formula is C31H42O. The summed E-state index contributed by atoms with van der Waals surface area (Å²) in [6, 6.07) is 11.1. The molecule has 0 fully saturated rings. The van der Waals surface area contributed by atoms with Gasteiger partial charge in [0.05, 0.1) is 0 Å². The maximum absolute atomic E-state index is 12.4. The minimum absolute atomic E-state index is 0.309. The third-order valence-electron chi connectivity index (χ3n) is 6.91. The highest BCUT2D eigenvalue weighted by atomic mass is 16.1. The van der Waals surface area contributed by atoms with Gasteiger partial charge in [-0.15, -0.1) is 6.58 Å². The van der Waals surface area contributed by atoms with Crippen LogP contribution in [-0.2, 0) is 12.8 Å². The topological polar surface area (TPSA) is 17.1 Å². The zero-order valence-electron chi connectivity index (χ0n) is 21.2. The highest BCUT2D eigenvalue weighted by Gasteiger charge is 2.25. The molecule has 0 saturated carbocycles. The van der Waals surface area contributed by atoms with Crippen LogP contribution in [0.3, 0.4) is 0 Å².